The Morgan fingerprint density at radius 2 is 2.00 bits per heavy atom. The fourth-order valence-electron chi connectivity index (χ4n) is 2.17. The Kier molecular flexibility index (Phi) is 6.51. The van der Waals surface area contributed by atoms with Crippen molar-refractivity contribution < 1.29 is 14.7 Å². The molecule has 128 valence electrons. The molecule has 2 aromatic rings. The first-order valence-electron chi connectivity index (χ1n) is 7.87. The summed E-state index contributed by atoms with van der Waals surface area (Å²) in [6.07, 6.45) is 1.49. The molecule has 0 unspecified atom stereocenters. The van der Waals surface area contributed by atoms with Crippen molar-refractivity contribution in [3.05, 3.63) is 47.7 Å². The Bertz CT molecular complexity index is 682. The van der Waals surface area contributed by atoms with Gasteiger partial charge in [-0.05, 0) is 18.4 Å². The summed E-state index contributed by atoms with van der Waals surface area (Å²) in [6.45, 7) is 0.399. The van der Waals surface area contributed by atoms with Crippen molar-refractivity contribution in [2.75, 3.05) is 18.5 Å². The Balaban J connectivity index is 1.87. The number of benzene rings is 1. The van der Waals surface area contributed by atoms with Crippen LogP contribution in [0.5, 0.6) is 0 Å². The number of hydrogen-bond donors (Lipinski definition) is 3. The van der Waals surface area contributed by atoms with Gasteiger partial charge in [-0.25, -0.2) is 0 Å². The Morgan fingerprint density at radius 3 is 2.71 bits per heavy atom. The van der Waals surface area contributed by atoms with Gasteiger partial charge in [-0.2, -0.15) is 5.10 Å². The number of carbonyl (C=O) groups is 2. The van der Waals surface area contributed by atoms with Gasteiger partial charge in [0.25, 0.3) is 5.91 Å². The normalized spacial score (nSPS) is 10.4. The standard InChI is InChI=1S/C17H22N4O3/c1-21-15(12-14(20-21)17(24)18-10-5-11-22)19-16(23)9-8-13-6-3-2-4-7-13/h2-4,6-7,12,22H,5,8-11H2,1H3,(H,18,24)(H,19,23). The molecule has 1 heterocycles. The highest BCUT2D eigenvalue weighted by molar-refractivity contribution is 5.95. The van der Waals surface area contributed by atoms with E-state index in [0.717, 1.165) is 5.56 Å². The largest absolute Gasteiger partial charge is 0.396 e. The summed E-state index contributed by atoms with van der Waals surface area (Å²) in [5, 5.41) is 18.2. The number of amides is 2. The van der Waals surface area contributed by atoms with E-state index in [9.17, 15) is 9.59 Å². The van der Waals surface area contributed by atoms with Gasteiger partial charge >= 0.3 is 0 Å². The molecule has 0 radical (unpaired) electrons. The molecular weight excluding hydrogens is 308 g/mol. The highest BCUT2D eigenvalue weighted by Gasteiger charge is 2.14. The van der Waals surface area contributed by atoms with Gasteiger partial charge in [-0.1, -0.05) is 30.3 Å². The van der Waals surface area contributed by atoms with E-state index in [0.29, 0.717) is 31.6 Å². The van der Waals surface area contributed by atoms with Crippen LogP contribution in [-0.2, 0) is 18.3 Å². The van der Waals surface area contributed by atoms with Crippen LogP contribution in [0.4, 0.5) is 5.82 Å². The number of aryl methyl sites for hydroxylation is 2. The maximum atomic E-state index is 12.0. The first-order chi connectivity index (χ1) is 11.6. The lowest BCUT2D eigenvalue weighted by atomic mass is 10.1. The summed E-state index contributed by atoms with van der Waals surface area (Å²) in [6, 6.07) is 11.3. The van der Waals surface area contributed by atoms with E-state index < -0.39 is 0 Å². The minimum Gasteiger partial charge on any atom is -0.396 e. The van der Waals surface area contributed by atoms with Crippen molar-refractivity contribution in [3.8, 4) is 0 Å². The van der Waals surface area contributed by atoms with E-state index in [1.807, 2.05) is 30.3 Å². The lowest BCUT2D eigenvalue weighted by molar-refractivity contribution is -0.116. The van der Waals surface area contributed by atoms with Crippen molar-refractivity contribution in [1.29, 1.82) is 0 Å². The maximum absolute atomic E-state index is 12.0. The third kappa shape index (κ3) is 5.20. The first-order valence-corrected chi connectivity index (χ1v) is 7.87. The molecule has 0 aliphatic heterocycles. The number of nitrogens with one attached hydrogen (secondary N) is 2. The summed E-state index contributed by atoms with van der Waals surface area (Å²) in [4.78, 5) is 23.9. The van der Waals surface area contributed by atoms with Crippen LogP contribution in [0.3, 0.4) is 0 Å². The second kappa shape index (κ2) is 8.83. The zero-order chi connectivity index (χ0) is 17.4. The third-order valence-electron chi connectivity index (χ3n) is 3.48. The van der Waals surface area contributed by atoms with Crippen LogP contribution in [0.15, 0.2) is 36.4 Å². The molecule has 1 aromatic carbocycles. The van der Waals surface area contributed by atoms with Gasteiger partial charge < -0.3 is 15.7 Å². The van der Waals surface area contributed by atoms with Gasteiger partial charge in [0.15, 0.2) is 5.69 Å². The molecule has 1 aromatic heterocycles. The predicted octanol–water partition coefficient (Wildman–Crippen LogP) is 1.10. The first kappa shape index (κ1) is 17.7. The number of aliphatic hydroxyl groups excluding tert-OH is 1. The van der Waals surface area contributed by atoms with Crippen LogP contribution < -0.4 is 10.6 Å². The van der Waals surface area contributed by atoms with E-state index in [1.54, 1.807) is 7.05 Å². The lowest BCUT2D eigenvalue weighted by Gasteiger charge is -2.05. The lowest BCUT2D eigenvalue weighted by Crippen LogP contribution is -2.25. The van der Waals surface area contributed by atoms with Crippen molar-refractivity contribution in [2.45, 2.75) is 19.3 Å². The number of carbonyl (C=O) groups excluding carboxylic acids is 2. The highest BCUT2D eigenvalue weighted by atomic mass is 16.3. The Labute approximate surface area is 140 Å². The molecule has 0 saturated carbocycles. The summed E-state index contributed by atoms with van der Waals surface area (Å²) >= 11 is 0. The second-order valence-electron chi connectivity index (χ2n) is 5.41. The van der Waals surface area contributed by atoms with Crippen LogP contribution in [0, 0.1) is 0 Å². The van der Waals surface area contributed by atoms with Gasteiger partial charge in [0.1, 0.15) is 5.82 Å². The molecule has 3 N–H and O–H groups in total. The number of rotatable bonds is 8. The zero-order valence-corrected chi connectivity index (χ0v) is 13.7. The average Bonchev–Trinajstić information content (AvgIpc) is 2.95. The topological polar surface area (TPSA) is 96.2 Å². The minimum absolute atomic E-state index is 0.0191. The molecule has 24 heavy (non-hydrogen) atoms. The van der Waals surface area contributed by atoms with Crippen molar-refractivity contribution in [1.82, 2.24) is 15.1 Å². The molecule has 7 heteroatoms. The van der Waals surface area contributed by atoms with E-state index >= 15 is 0 Å². The van der Waals surface area contributed by atoms with Gasteiger partial charge in [-0.15, -0.1) is 0 Å². The molecule has 7 nitrogen and oxygen atoms in total. The summed E-state index contributed by atoms with van der Waals surface area (Å²) < 4.78 is 1.46. The number of aromatic nitrogens is 2. The van der Waals surface area contributed by atoms with Crippen molar-refractivity contribution >= 4 is 17.6 Å². The number of anilines is 1. The predicted molar refractivity (Wildman–Crippen MR) is 90.6 cm³/mol. The number of hydrogen-bond acceptors (Lipinski definition) is 4. The van der Waals surface area contributed by atoms with Gasteiger partial charge in [0.05, 0.1) is 0 Å². The second-order valence-corrected chi connectivity index (χ2v) is 5.41. The van der Waals surface area contributed by atoms with Crippen LogP contribution >= 0.6 is 0 Å². The summed E-state index contributed by atoms with van der Waals surface area (Å²) in [7, 11) is 1.66. The summed E-state index contributed by atoms with van der Waals surface area (Å²) in [5.41, 5.74) is 1.33. The monoisotopic (exact) mass is 330 g/mol. The van der Waals surface area contributed by atoms with Crippen molar-refractivity contribution in [3.63, 3.8) is 0 Å². The fourth-order valence-corrected chi connectivity index (χ4v) is 2.17. The smallest absolute Gasteiger partial charge is 0.271 e. The van der Waals surface area contributed by atoms with E-state index in [4.69, 9.17) is 5.11 Å². The zero-order valence-electron chi connectivity index (χ0n) is 13.7. The molecule has 0 saturated heterocycles. The van der Waals surface area contributed by atoms with Crippen molar-refractivity contribution in [2.24, 2.45) is 7.05 Å². The van der Waals surface area contributed by atoms with Crippen LogP contribution in [-0.4, -0.2) is 39.9 Å². The van der Waals surface area contributed by atoms with Crippen LogP contribution in [0.25, 0.3) is 0 Å². The molecule has 0 aliphatic carbocycles. The SMILES string of the molecule is Cn1nc(C(=O)NCCCO)cc1NC(=O)CCc1ccccc1. The molecule has 0 aliphatic rings. The molecular formula is C17H22N4O3. The number of aliphatic hydroxyl groups is 1. The van der Waals surface area contributed by atoms with Gasteiger partial charge in [0, 0.05) is 32.7 Å². The van der Waals surface area contributed by atoms with E-state index in [1.165, 1.54) is 10.7 Å². The Hall–Kier alpha value is -2.67. The van der Waals surface area contributed by atoms with Gasteiger partial charge in [-0.3, -0.25) is 14.3 Å². The quantitative estimate of drug-likeness (QED) is 0.632. The van der Waals surface area contributed by atoms with Crippen LogP contribution in [0.2, 0.25) is 0 Å². The molecule has 0 fully saturated rings. The fraction of sp³-hybridized carbons (Fsp3) is 0.353. The third-order valence-corrected chi connectivity index (χ3v) is 3.48. The van der Waals surface area contributed by atoms with E-state index in [-0.39, 0.29) is 24.1 Å². The molecule has 0 bridgehead atoms. The Morgan fingerprint density at radius 1 is 1.25 bits per heavy atom. The maximum Gasteiger partial charge on any atom is 0.271 e. The minimum atomic E-state index is -0.330. The molecule has 0 atom stereocenters. The molecule has 2 amide bonds. The van der Waals surface area contributed by atoms with Crippen LogP contribution in [0.1, 0.15) is 28.9 Å². The molecule has 0 spiro atoms. The number of nitrogens with zero attached hydrogens (tertiary/aromatic N) is 2. The summed E-state index contributed by atoms with van der Waals surface area (Å²) in [5.74, 6) is 0.0123. The van der Waals surface area contributed by atoms with Gasteiger partial charge in [0.2, 0.25) is 5.91 Å². The average molecular weight is 330 g/mol. The molecule has 2 rings (SSSR count). The highest BCUT2D eigenvalue weighted by Crippen LogP contribution is 2.10. The van der Waals surface area contributed by atoms with E-state index in [2.05, 4.69) is 15.7 Å².